The Hall–Kier alpha value is -4.40. The minimum atomic E-state index is -0.541. The van der Waals surface area contributed by atoms with Crippen LogP contribution in [0.5, 0.6) is 0 Å². The van der Waals surface area contributed by atoms with Gasteiger partial charge >= 0.3 is 0 Å². The normalized spacial score (nSPS) is 10.5. The van der Waals surface area contributed by atoms with Gasteiger partial charge in [0.25, 0.3) is 11.6 Å². The van der Waals surface area contributed by atoms with Gasteiger partial charge in [0.05, 0.1) is 11.3 Å². The molecule has 4 rings (SSSR count). The zero-order valence-corrected chi connectivity index (χ0v) is 15.6. The molecule has 0 radical (unpaired) electrons. The van der Waals surface area contributed by atoms with E-state index in [-0.39, 0.29) is 11.3 Å². The third kappa shape index (κ3) is 4.20. The molecule has 1 N–H and O–H groups in total. The zero-order chi connectivity index (χ0) is 20.9. The number of amides is 1. The van der Waals surface area contributed by atoms with Crippen LogP contribution in [0.4, 0.5) is 11.4 Å². The zero-order valence-electron chi connectivity index (χ0n) is 15.6. The van der Waals surface area contributed by atoms with Gasteiger partial charge in [-0.25, -0.2) is 0 Å². The molecule has 4 aromatic rings. The van der Waals surface area contributed by atoms with Gasteiger partial charge in [-0.05, 0) is 29.8 Å². The molecule has 9 heteroatoms. The van der Waals surface area contributed by atoms with Gasteiger partial charge in [0, 0.05) is 41.3 Å². The van der Waals surface area contributed by atoms with Crippen LogP contribution in [-0.2, 0) is 6.42 Å². The molecular formula is C21H15N5O4. The summed E-state index contributed by atoms with van der Waals surface area (Å²) in [6, 6.07) is 16.3. The molecule has 0 aliphatic carbocycles. The second kappa shape index (κ2) is 8.31. The molecule has 0 atom stereocenters. The maximum Gasteiger partial charge on any atom is 0.270 e. The minimum absolute atomic E-state index is 0.148. The van der Waals surface area contributed by atoms with E-state index in [1.165, 1.54) is 24.3 Å². The van der Waals surface area contributed by atoms with Crippen LogP contribution >= 0.6 is 0 Å². The van der Waals surface area contributed by atoms with Crippen molar-refractivity contribution in [1.82, 2.24) is 15.1 Å². The van der Waals surface area contributed by atoms with Gasteiger partial charge in [-0.15, -0.1) is 0 Å². The number of hydrogen-bond acceptors (Lipinski definition) is 7. The van der Waals surface area contributed by atoms with Crippen molar-refractivity contribution in [3.63, 3.8) is 0 Å². The molecule has 1 amide bonds. The second-order valence-corrected chi connectivity index (χ2v) is 6.34. The SMILES string of the molecule is O=C(Nc1ccccc1Cc1nc(-c2ccncc2)no1)c1cccc([N+](=O)[O-])c1. The fraction of sp³-hybridized carbons (Fsp3) is 0.0476. The topological polar surface area (TPSA) is 124 Å². The van der Waals surface area contributed by atoms with Crippen molar-refractivity contribution in [2.75, 3.05) is 5.32 Å². The van der Waals surface area contributed by atoms with Crippen molar-refractivity contribution in [1.29, 1.82) is 0 Å². The number of rotatable bonds is 6. The van der Waals surface area contributed by atoms with Gasteiger partial charge in [0.1, 0.15) is 0 Å². The Bertz CT molecular complexity index is 1210. The number of carbonyl (C=O) groups is 1. The number of hydrogen-bond donors (Lipinski definition) is 1. The Morgan fingerprint density at radius 2 is 1.87 bits per heavy atom. The summed E-state index contributed by atoms with van der Waals surface area (Å²) >= 11 is 0. The van der Waals surface area contributed by atoms with Crippen molar-refractivity contribution in [3.05, 3.63) is 100 Å². The molecule has 0 fully saturated rings. The molecule has 0 saturated carbocycles. The van der Waals surface area contributed by atoms with E-state index in [4.69, 9.17) is 4.52 Å². The number of nitro groups is 1. The van der Waals surface area contributed by atoms with Crippen molar-refractivity contribution < 1.29 is 14.2 Å². The Morgan fingerprint density at radius 1 is 1.07 bits per heavy atom. The fourth-order valence-corrected chi connectivity index (χ4v) is 2.86. The van der Waals surface area contributed by atoms with E-state index >= 15 is 0 Å². The van der Waals surface area contributed by atoms with Crippen LogP contribution in [0.2, 0.25) is 0 Å². The number of pyridine rings is 1. The summed E-state index contributed by atoms with van der Waals surface area (Å²) in [6.45, 7) is 0. The van der Waals surface area contributed by atoms with Gasteiger partial charge in [-0.1, -0.05) is 29.4 Å². The molecule has 30 heavy (non-hydrogen) atoms. The first-order chi connectivity index (χ1) is 14.6. The lowest BCUT2D eigenvalue weighted by Crippen LogP contribution is -2.13. The lowest BCUT2D eigenvalue weighted by atomic mass is 10.1. The van der Waals surface area contributed by atoms with Crippen molar-refractivity contribution in [2.24, 2.45) is 0 Å². The van der Waals surface area contributed by atoms with E-state index in [1.54, 1.807) is 36.7 Å². The van der Waals surface area contributed by atoms with E-state index in [0.29, 0.717) is 23.8 Å². The first-order valence-corrected chi connectivity index (χ1v) is 8.97. The Balaban J connectivity index is 1.53. The minimum Gasteiger partial charge on any atom is -0.339 e. The number of nitro benzene ring substituents is 1. The van der Waals surface area contributed by atoms with Gasteiger partial charge in [-0.2, -0.15) is 4.98 Å². The summed E-state index contributed by atoms with van der Waals surface area (Å²) in [5, 5.41) is 17.7. The van der Waals surface area contributed by atoms with Crippen LogP contribution in [-0.4, -0.2) is 26.0 Å². The first kappa shape index (κ1) is 18.9. The van der Waals surface area contributed by atoms with Crippen LogP contribution in [0.25, 0.3) is 11.4 Å². The summed E-state index contributed by atoms with van der Waals surface area (Å²) in [5.74, 6) is 0.388. The molecular weight excluding hydrogens is 386 g/mol. The average molecular weight is 401 g/mol. The van der Waals surface area contributed by atoms with Crippen molar-refractivity contribution >= 4 is 17.3 Å². The highest BCUT2D eigenvalue weighted by Gasteiger charge is 2.15. The van der Waals surface area contributed by atoms with Crippen LogP contribution in [0.15, 0.2) is 77.6 Å². The molecule has 148 valence electrons. The second-order valence-electron chi connectivity index (χ2n) is 6.34. The van der Waals surface area contributed by atoms with E-state index in [0.717, 1.165) is 11.1 Å². The molecule has 0 aliphatic heterocycles. The summed E-state index contributed by atoms with van der Waals surface area (Å²) in [6.07, 6.45) is 3.59. The number of anilines is 1. The first-order valence-electron chi connectivity index (χ1n) is 8.97. The fourth-order valence-electron chi connectivity index (χ4n) is 2.86. The Morgan fingerprint density at radius 3 is 2.67 bits per heavy atom. The predicted octanol–water partition coefficient (Wildman–Crippen LogP) is 3.88. The maximum atomic E-state index is 12.6. The van der Waals surface area contributed by atoms with E-state index in [1.807, 2.05) is 12.1 Å². The highest BCUT2D eigenvalue weighted by Crippen LogP contribution is 2.22. The monoisotopic (exact) mass is 401 g/mol. The molecule has 2 heterocycles. The summed E-state index contributed by atoms with van der Waals surface area (Å²) in [5.41, 5.74) is 2.15. The highest BCUT2D eigenvalue weighted by atomic mass is 16.6. The predicted molar refractivity (Wildman–Crippen MR) is 108 cm³/mol. The summed E-state index contributed by atoms with van der Waals surface area (Å²) in [7, 11) is 0. The number of carbonyl (C=O) groups excluding carboxylic acids is 1. The van der Waals surface area contributed by atoms with Crippen LogP contribution in [0, 0.1) is 10.1 Å². The number of benzene rings is 2. The van der Waals surface area contributed by atoms with Crippen molar-refractivity contribution in [3.8, 4) is 11.4 Å². The van der Waals surface area contributed by atoms with Crippen molar-refractivity contribution in [2.45, 2.75) is 6.42 Å². The Labute approximate surface area is 170 Å². The highest BCUT2D eigenvalue weighted by molar-refractivity contribution is 6.05. The molecule has 0 spiro atoms. The molecule has 0 saturated heterocycles. The third-order valence-corrected chi connectivity index (χ3v) is 4.33. The quantitative estimate of drug-likeness (QED) is 0.384. The number of aromatic nitrogens is 3. The molecule has 9 nitrogen and oxygen atoms in total. The number of para-hydroxylation sites is 1. The maximum absolute atomic E-state index is 12.6. The van der Waals surface area contributed by atoms with E-state index in [9.17, 15) is 14.9 Å². The number of non-ortho nitro benzene ring substituents is 1. The summed E-state index contributed by atoms with van der Waals surface area (Å²) in [4.78, 5) is 31.3. The third-order valence-electron chi connectivity index (χ3n) is 4.33. The van der Waals surface area contributed by atoms with Gasteiger partial charge in [0.2, 0.25) is 11.7 Å². The lowest BCUT2D eigenvalue weighted by Gasteiger charge is -2.09. The molecule has 0 aliphatic rings. The van der Waals surface area contributed by atoms with Crippen LogP contribution < -0.4 is 5.32 Å². The van der Waals surface area contributed by atoms with Crippen LogP contribution in [0.3, 0.4) is 0 Å². The van der Waals surface area contributed by atoms with Gasteiger partial charge < -0.3 is 9.84 Å². The van der Waals surface area contributed by atoms with Crippen LogP contribution in [0.1, 0.15) is 21.8 Å². The molecule has 2 aromatic heterocycles. The standard InChI is InChI=1S/C21H15N5O4/c27-21(16-5-3-6-17(12-16)26(28)29)23-18-7-2-1-4-15(18)13-19-24-20(25-30-19)14-8-10-22-11-9-14/h1-12H,13H2,(H,23,27). The lowest BCUT2D eigenvalue weighted by molar-refractivity contribution is -0.384. The van der Waals surface area contributed by atoms with E-state index < -0.39 is 10.8 Å². The number of nitrogens with zero attached hydrogens (tertiary/aromatic N) is 4. The van der Waals surface area contributed by atoms with Gasteiger partial charge in [-0.3, -0.25) is 19.9 Å². The Kier molecular flexibility index (Phi) is 5.25. The largest absolute Gasteiger partial charge is 0.339 e. The summed E-state index contributed by atoms with van der Waals surface area (Å²) < 4.78 is 5.34. The molecule has 0 unspecified atom stereocenters. The molecule has 0 bridgehead atoms. The smallest absolute Gasteiger partial charge is 0.270 e. The van der Waals surface area contributed by atoms with E-state index in [2.05, 4.69) is 20.4 Å². The number of nitrogens with one attached hydrogen (secondary N) is 1. The molecule has 2 aromatic carbocycles. The van der Waals surface area contributed by atoms with Gasteiger partial charge in [0.15, 0.2) is 0 Å². The average Bonchev–Trinajstić information content (AvgIpc) is 3.24.